The Morgan fingerprint density at radius 1 is 1.50 bits per heavy atom. The predicted molar refractivity (Wildman–Crippen MR) is 62.6 cm³/mol. The number of aromatic nitrogens is 1. The van der Waals surface area contributed by atoms with Gasteiger partial charge in [0, 0.05) is 24.2 Å². The minimum atomic E-state index is 0.395. The summed E-state index contributed by atoms with van der Waals surface area (Å²) in [5.41, 5.74) is 1.52. The molecule has 0 unspecified atom stereocenters. The Hall–Kier alpha value is -0.410. The van der Waals surface area contributed by atoms with Crippen LogP contribution in [0.5, 0.6) is 0 Å². The zero-order valence-corrected chi connectivity index (χ0v) is 10.4. The SMILES string of the molecule is CCC(C)(C)CNCc1nc(C)cs1. The van der Waals surface area contributed by atoms with E-state index in [2.05, 4.69) is 36.5 Å². The van der Waals surface area contributed by atoms with Crippen molar-refractivity contribution in [3.8, 4) is 0 Å². The van der Waals surface area contributed by atoms with Crippen molar-refractivity contribution in [3.05, 3.63) is 16.1 Å². The molecular formula is C11H20N2S. The van der Waals surface area contributed by atoms with Gasteiger partial charge >= 0.3 is 0 Å². The third kappa shape index (κ3) is 3.76. The van der Waals surface area contributed by atoms with E-state index >= 15 is 0 Å². The standard InChI is InChI=1S/C11H20N2S/c1-5-11(3,4)8-12-6-10-13-9(2)7-14-10/h7,12H,5-6,8H2,1-4H3. The highest BCUT2D eigenvalue weighted by molar-refractivity contribution is 7.09. The molecule has 1 aromatic heterocycles. The lowest BCUT2D eigenvalue weighted by molar-refractivity contribution is 0.327. The molecule has 1 heterocycles. The first-order valence-corrected chi connectivity index (χ1v) is 6.03. The van der Waals surface area contributed by atoms with E-state index in [9.17, 15) is 0 Å². The van der Waals surface area contributed by atoms with Gasteiger partial charge in [-0.2, -0.15) is 0 Å². The minimum Gasteiger partial charge on any atom is -0.310 e. The molecule has 0 saturated carbocycles. The third-order valence-electron chi connectivity index (χ3n) is 2.50. The van der Waals surface area contributed by atoms with E-state index in [0.717, 1.165) is 18.8 Å². The van der Waals surface area contributed by atoms with Crippen LogP contribution < -0.4 is 5.32 Å². The van der Waals surface area contributed by atoms with Crippen LogP contribution in [0.15, 0.2) is 5.38 Å². The number of hydrogen-bond acceptors (Lipinski definition) is 3. The van der Waals surface area contributed by atoms with Crippen molar-refractivity contribution in [3.63, 3.8) is 0 Å². The van der Waals surface area contributed by atoms with Crippen LogP contribution >= 0.6 is 11.3 Å². The summed E-state index contributed by atoms with van der Waals surface area (Å²) in [4.78, 5) is 4.41. The van der Waals surface area contributed by atoms with Crippen LogP contribution in [0.25, 0.3) is 0 Å². The van der Waals surface area contributed by atoms with Crippen molar-refractivity contribution in [2.24, 2.45) is 5.41 Å². The quantitative estimate of drug-likeness (QED) is 0.811. The van der Waals surface area contributed by atoms with Gasteiger partial charge in [0.15, 0.2) is 0 Å². The Labute approximate surface area is 90.8 Å². The molecule has 2 nitrogen and oxygen atoms in total. The lowest BCUT2D eigenvalue weighted by Gasteiger charge is -2.22. The summed E-state index contributed by atoms with van der Waals surface area (Å²) < 4.78 is 0. The van der Waals surface area contributed by atoms with Crippen LogP contribution in [0.4, 0.5) is 0 Å². The Morgan fingerprint density at radius 3 is 2.71 bits per heavy atom. The molecule has 0 aliphatic carbocycles. The van der Waals surface area contributed by atoms with E-state index in [1.165, 1.54) is 11.4 Å². The summed E-state index contributed by atoms with van der Waals surface area (Å²) in [5, 5.41) is 6.74. The molecule has 1 rings (SSSR count). The molecule has 0 spiro atoms. The number of nitrogens with zero attached hydrogens (tertiary/aromatic N) is 1. The van der Waals surface area contributed by atoms with E-state index in [1.54, 1.807) is 11.3 Å². The molecule has 0 aliphatic heterocycles. The summed E-state index contributed by atoms with van der Waals surface area (Å²) in [6, 6.07) is 0. The molecule has 0 atom stereocenters. The Kier molecular flexibility index (Phi) is 4.08. The van der Waals surface area contributed by atoms with Crippen LogP contribution in [0.1, 0.15) is 37.9 Å². The van der Waals surface area contributed by atoms with Gasteiger partial charge in [-0.05, 0) is 18.8 Å². The van der Waals surface area contributed by atoms with Gasteiger partial charge in [0.2, 0.25) is 0 Å². The highest BCUT2D eigenvalue weighted by Crippen LogP contribution is 2.18. The Balaban J connectivity index is 2.28. The zero-order valence-electron chi connectivity index (χ0n) is 9.55. The maximum atomic E-state index is 4.41. The summed E-state index contributed by atoms with van der Waals surface area (Å²) in [5.74, 6) is 0. The molecule has 0 fully saturated rings. The number of thiazole rings is 1. The lowest BCUT2D eigenvalue weighted by atomic mass is 9.90. The number of rotatable bonds is 5. The summed E-state index contributed by atoms with van der Waals surface area (Å²) in [7, 11) is 0. The normalized spacial score (nSPS) is 12.0. The molecule has 0 amide bonds. The van der Waals surface area contributed by atoms with Gasteiger partial charge in [0.1, 0.15) is 5.01 Å². The fourth-order valence-corrected chi connectivity index (χ4v) is 1.86. The average Bonchev–Trinajstić information content (AvgIpc) is 2.51. The fraction of sp³-hybridized carbons (Fsp3) is 0.727. The van der Waals surface area contributed by atoms with Gasteiger partial charge in [0.25, 0.3) is 0 Å². The molecule has 1 N–H and O–H groups in total. The second-order valence-electron chi connectivity index (χ2n) is 4.50. The number of nitrogens with one attached hydrogen (secondary N) is 1. The van der Waals surface area contributed by atoms with Crippen molar-refractivity contribution in [2.45, 2.75) is 40.7 Å². The predicted octanol–water partition coefficient (Wildman–Crippen LogP) is 2.98. The first-order chi connectivity index (χ1) is 6.53. The lowest BCUT2D eigenvalue weighted by Crippen LogP contribution is -2.28. The highest BCUT2D eigenvalue weighted by Gasteiger charge is 2.13. The van der Waals surface area contributed by atoms with Crippen LogP contribution in [0.3, 0.4) is 0 Å². The number of aryl methyl sites for hydroxylation is 1. The zero-order chi connectivity index (χ0) is 10.6. The largest absolute Gasteiger partial charge is 0.310 e. The van der Waals surface area contributed by atoms with Gasteiger partial charge in [-0.15, -0.1) is 11.3 Å². The molecular weight excluding hydrogens is 192 g/mol. The van der Waals surface area contributed by atoms with E-state index in [1.807, 2.05) is 6.92 Å². The van der Waals surface area contributed by atoms with Crippen LogP contribution in [-0.4, -0.2) is 11.5 Å². The Morgan fingerprint density at radius 2 is 2.21 bits per heavy atom. The third-order valence-corrected chi connectivity index (χ3v) is 3.47. The molecule has 3 heteroatoms. The van der Waals surface area contributed by atoms with Gasteiger partial charge in [-0.1, -0.05) is 20.8 Å². The summed E-state index contributed by atoms with van der Waals surface area (Å²) in [6.45, 7) is 10.8. The maximum Gasteiger partial charge on any atom is 0.107 e. The molecule has 0 aromatic carbocycles. The van der Waals surface area contributed by atoms with Crippen LogP contribution in [0.2, 0.25) is 0 Å². The van der Waals surface area contributed by atoms with Crippen molar-refractivity contribution < 1.29 is 0 Å². The van der Waals surface area contributed by atoms with Crippen LogP contribution in [0, 0.1) is 12.3 Å². The van der Waals surface area contributed by atoms with E-state index in [-0.39, 0.29) is 0 Å². The van der Waals surface area contributed by atoms with E-state index in [0.29, 0.717) is 5.41 Å². The van der Waals surface area contributed by atoms with Gasteiger partial charge in [0.05, 0.1) is 0 Å². The monoisotopic (exact) mass is 212 g/mol. The maximum absolute atomic E-state index is 4.41. The van der Waals surface area contributed by atoms with Crippen LogP contribution in [-0.2, 0) is 6.54 Å². The minimum absolute atomic E-state index is 0.395. The van der Waals surface area contributed by atoms with Crippen molar-refractivity contribution in [1.82, 2.24) is 10.3 Å². The van der Waals surface area contributed by atoms with Gasteiger partial charge < -0.3 is 5.32 Å². The highest BCUT2D eigenvalue weighted by atomic mass is 32.1. The van der Waals surface area contributed by atoms with Crippen molar-refractivity contribution in [1.29, 1.82) is 0 Å². The second kappa shape index (κ2) is 4.89. The molecule has 14 heavy (non-hydrogen) atoms. The molecule has 0 radical (unpaired) electrons. The smallest absolute Gasteiger partial charge is 0.107 e. The molecule has 1 aromatic rings. The molecule has 0 aliphatic rings. The number of hydrogen-bond donors (Lipinski definition) is 1. The first-order valence-electron chi connectivity index (χ1n) is 5.15. The molecule has 0 bridgehead atoms. The van der Waals surface area contributed by atoms with Gasteiger partial charge in [-0.3, -0.25) is 0 Å². The summed E-state index contributed by atoms with van der Waals surface area (Å²) >= 11 is 1.73. The van der Waals surface area contributed by atoms with Gasteiger partial charge in [-0.25, -0.2) is 4.98 Å². The first kappa shape index (κ1) is 11.7. The van der Waals surface area contributed by atoms with E-state index in [4.69, 9.17) is 0 Å². The average molecular weight is 212 g/mol. The molecule has 80 valence electrons. The summed E-state index contributed by atoms with van der Waals surface area (Å²) in [6.07, 6.45) is 1.21. The topological polar surface area (TPSA) is 24.9 Å². The fourth-order valence-electron chi connectivity index (χ4n) is 1.12. The van der Waals surface area contributed by atoms with Crippen molar-refractivity contribution >= 4 is 11.3 Å². The van der Waals surface area contributed by atoms with Crippen molar-refractivity contribution in [2.75, 3.05) is 6.54 Å². The second-order valence-corrected chi connectivity index (χ2v) is 5.45. The Bertz CT molecular complexity index is 279. The van der Waals surface area contributed by atoms with E-state index < -0.39 is 0 Å². The molecule has 0 saturated heterocycles.